The van der Waals surface area contributed by atoms with Crippen LogP contribution >= 0.6 is 11.8 Å². The highest BCUT2D eigenvalue weighted by molar-refractivity contribution is 8.00. The first kappa shape index (κ1) is 10.2. The van der Waals surface area contributed by atoms with Crippen molar-refractivity contribution in [1.29, 1.82) is 0 Å². The third-order valence-corrected chi connectivity index (χ3v) is 3.47. The van der Waals surface area contributed by atoms with Gasteiger partial charge in [-0.25, -0.2) is 0 Å². The number of rotatable bonds is 2. The molecule has 1 aromatic rings. The first-order valence-electron chi connectivity index (χ1n) is 4.75. The lowest BCUT2D eigenvalue weighted by Gasteiger charge is -2.21. The molecule has 1 unspecified atom stereocenters. The zero-order chi connectivity index (χ0) is 10.8. The van der Waals surface area contributed by atoms with Crippen LogP contribution in [0.4, 0.5) is 5.69 Å². The maximum absolute atomic E-state index is 11.4. The SMILES string of the molecule is CC1Sc2ccc(CC=O)cc2NC1=O. The second-order valence-electron chi connectivity index (χ2n) is 3.45. The van der Waals surface area contributed by atoms with Crippen LogP contribution in [-0.4, -0.2) is 17.4 Å². The van der Waals surface area contributed by atoms with Crippen molar-refractivity contribution >= 4 is 29.6 Å². The molecule has 1 aliphatic rings. The maximum atomic E-state index is 11.4. The number of hydrogen-bond donors (Lipinski definition) is 1. The Morgan fingerprint density at radius 2 is 2.33 bits per heavy atom. The Morgan fingerprint density at radius 3 is 3.07 bits per heavy atom. The van der Waals surface area contributed by atoms with Gasteiger partial charge in [-0.15, -0.1) is 11.8 Å². The van der Waals surface area contributed by atoms with Crippen molar-refractivity contribution in [2.75, 3.05) is 5.32 Å². The van der Waals surface area contributed by atoms with Crippen molar-refractivity contribution in [3.05, 3.63) is 23.8 Å². The van der Waals surface area contributed by atoms with Crippen LogP contribution < -0.4 is 5.32 Å². The number of fused-ring (bicyclic) bond motifs is 1. The molecule has 0 radical (unpaired) electrons. The van der Waals surface area contributed by atoms with E-state index in [1.54, 1.807) is 11.8 Å². The van der Waals surface area contributed by atoms with Crippen LogP contribution in [0.25, 0.3) is 0 Å². The Kier molecular flexibility index (Phi) is 2.77. The van der Waals surface area contributed by atoms with Gasteiger partial charge in [-0.1, -0.05) is 6.07 Å². The topological polar surface area (TPSA) is 46.2 Å². The van der Waals surface area contributed by atoms with E-state index in [1.807, 2.05) is 25.1 Å². The quantitative estimate of drug-likeness (QED) is 0.775. The van der Waals surface area contributed by atoms with Gasteiger partial charge in [0.05, 0.1) is 10.9 Å². The molecule has 0 saturated heterocycles. The van der Waals surface area contributed by atoms with E-state index in [1.165, 1.54) is 0 Å². The minimum Gasteiger partial charge on any atom is -0.324 e. The van der Waals surface area contributed by atoms with Gasteiger partial charge in [0.25, 0.3) is 0 Å². The average molecular weight is 221 g/mol. The van der Waals surface area contributed by atoms with E-state index >= 15 is 0 Å². The van der Waals surface area contributed by atoms with Gasteiger partial charge in [0.2, 0.25) is 5.91 Å². The third kappa shape index (κ3) is 2.04. The molecule has 1 amide bonds. The van der Waals surface area contributed by atoms with E-state index in [0.717, 1.165) is 22.4 Å². The Labute approximate surface area is 92.2 Å². The molecule has 0 aliphatic carbocycles. The summed E-state index contributed by atoms with van der Waals surface area (Å²) in [6.07, 6.45) is 1.26. The molecule has 0 bridgehead atoms. The number of nitrogens with one attached hydrogen (secondary N) is 1. The summed E-state index contributed by atoms with van der Waals surface area (Å²) in [6.45, 7) is 1.88. The molecular formula is C11H11NO2S. The molecule has 78 valence electrons. The standard InChI is InChI=1S/C11H11NO2S/c1-7-11(14)12-9-6-8(4-5-13)2-3-10(9)15-7/h2-3,5-7H,4H2,1H3,(H,12,14). The lowest BCUT2D eigenvalue weighted by Crippen LogP contribution is -2.26. The van der Waals surface area contributed by atoms with Gasteiger partial charge in [-0.05, 0) is 24.6 Å². The summed E-state index contributed by atoms with van der Waals surface area (Å²) in [5.74, 6) is 0.0238. The minimum atomic E-state index is -0.0468. The lowest BCUT2D eigenvalue weighted by atomic mass is 10.1. The summed E-state index contributed by atoms with van der Waals surface area (Å²) in [4.78, 5) is 22.9. The molecule has 15 heavy (non-hydrogen) atoms. The molecular weight excluding hydrogens is 210 g/mol. The van der Waals surface area contributed by atoms with Gasteiger partial charge in [0.15, 0.2) is 0 Å². The number of carbonyl (C=O) groups excluding carboxylic acids is 2. The molecule has 4 heteroatoms. The molecule has 1 heterocycles. The molecule has 3 nitrogen and oxygen atoms in total. The van der Waals surface area contributed by atoms with E-state index in [-0.39, 0.29) is 11.2 Å². The molecule has 1 aliphatic heterocycles. The Bertz CT molecular complexity index is 417. The zero-order valence-corrected chi connectivity index (χ0v) is 9.14. The highest BCUT2D eigenvalue weighted by atomic mass is 32.2. The normalized spacial score (nSPS) is 19.3. The maximum Gasteiger partial charge on any atom is 0.237 e. The monoisotopic (exact) mass is 221 g/mol. The fraction of sp³-hybridized carbons (Fsp3) is 0.273. The van der Waals surface area contributed by atoms with Crippen molar-refractivity contribution in [1.82, 2.24) is 0 Å². The van der Waals surface area contributed by atoms with Gasteiger partial charge < -0.3 is 10.1 Å². The number of anilines is 1. The van der Waals surface area contributed by atoms with Crippen LogP contribution in [0.2, 0.25) is 0 Å². The number of aldehydes is 1. The van der Waals surface area contributed by atoms with Crippen LogP contribution in [0, 0.1) is 0 Å². The fourth-order valence-corrected chi connectivity index (χ4v) is 2.41. The molecule has 1 atom stereocenters. The van der Waals surface area contributed by atoms with Crippen molar-refractivity contribution < 1.29 is 9.59 Å². The molecule has 1 aromatic carbocycles. The molecule has 0 spiro atoms. The summed E-state index contributed by atoms with van der Waals surface area (Å²) in [5, 5.41) is 2.79. The summed E-state index contributed by atoms with van der Waals surface area (Å²) in [7, 11) is 0. The first-order valence-corrected chi connectivity index (χ1v) is 5.63. The second-order valence-corrected chi connectivity index (χ2v) is 4.83. The number of amides is 1. The lowest BCUT2D eigenvalue weighted by molar-refractivity contribution is -0.115. The van der Waals surface area contributed by atoms with Gasteiger partial charge >= 0.3 is 0 Å². The van der Waals surface area contributed by atoms with Crippen LogP contribution in [0.15, 0.2) is 23.1 Å². The van der Waals surface area contributed by atoms with Crippen molar-refractivity contribution in [2.24, 2.45) is 0 Å². The smallest absolute Gasteiger partial charge is 0.237 e. The fourth-order valence-electron chi connectivity index (χ4n) is 1.48. The van der Waals surface area contributed by atoms with Crippen LogP contribution in [0.3, 0.4) is 0 Å². The van der Waals surface area contributed by atoms with E-state index in [9.17, 15) is 9.59 Å². The molecule has 2 rings (SSSR count). The van der Waals surface area contributed by atoms with Gasteiger partial charge in [0.1, 0.15) is 6.29 Å². The van der Waals surface area contributed by atoms with E-state index in [0.29, 0.717) is 6.42 Å². The average Bonchev–Trinajstić information content (AvgIpc) is 2.21. The van der Waals surface area contributed by atoms with Crippen molar-refractivity contribution in [2.45, 2.75) is 23.5 Å². The van der Waals surface area contributed by atoms with Crippen LogP contribution in [-0.2, 0) is 16.0 Å². The first-order chi connectivity index (χ1) is 7.20. The van der Waals surface area contributed by atoms with E-state index < -0.39 is 0 Å². The molecule has 1 N–H and O–H groups in total. The second kappa shape index (κ2) is 4.06. The Balaban J connectivity index is 2.32. The van der Waals surface area contributed by atoms with Gasteiger partial charge in [-0.3, -0.25) is 4.79 Å². The Morgan fingerprint density at radius 1 is 1.53 bits per heavy atom. The highest BCUT2D eigenvalue weighted by Gasteiger charge is 2.22. The predicted molar refractivity (Wildman–Crippen MR) is 60.2 cm³/mol. The number of hydrogen-bond acceptors (Lipinski definition) is 3. The third-order valence-electron chi connectivity index (χ3n) is 2.29. The zero-order valence-electron chi connectivity index (χ0n) is 8.32. The number of benzene rings is 1. The summed E-state index contributed by atoms with van der Waals surface area (Å²) < 4.78 is 0. The number of thioether (sulfide) groups is 1. The Hall–Kier alpha value is -1.29. The number of carbonyl (C=O) groups is 2. The van der Waals surface area contributed by atoms with Crippen molar-refractivity contribution in [3.63, 3.8) is 0 Å². The molecule has 0 saturated carbocycles. The van der Waals surface area contributed by atoms with Gasteiger partial charge in [-0.2, -0.15) is 0 Å². The highest BCUT2D eigenvalue weighted by Crippen LogP contribution is 2.35. The predicted octanol–water partition coefficient (Wildman–Crippen LogP) is 1.86. The van der Waals surface area contributed by atoms with E-state index in [2.05, 4.69) is 5.32 Å². The summed E-state index contributed by atoms with van der Waals surface area (Å²) >= 11 is 1.55. The van der Waals surface area contributed by atoms with Crippen LogP contribution in [0.5, 0.6) is 0 Å². The summed E-state index contributed by atoms with van der Waals surface area (Å²) in [5.41, 5.74) is 1.75. The minimum absolute atomic E-state index is 0.0238. The largest absolute Gasteiger partial charge is 0.324 e. The van der Waals surface area contributed by atoms with Crippen LogP contribution in [0.1, 0.15) is 12.5 Å². The molecule has 0 fully saturated rings. The van der Waals surface area contributed by atoms with E-state index in [4.69, 9.17) is 0 Å². The van der Waals surface area contributed by atoms with Gasteiger partial charge in [0, 0.05) is 11.3 Å². The van der Waals surface area contributed by atoms with Crippen molar-refractivity contribution in [3.8, 4) is 0 Å². The molecule has 0 aromatic heterocycles. The summed E-state index contributed by atoms with van der Waals surface area (Å²) in [6, 6.07) is 5.74.